The van der Waals surface area contributed by atoms with Crippen molar-refractivity contribution in [2.24, 2.45) is 0 Å². The normalized spacial score (nSPS) is 12.0. The van der Waals surface area contributed by atoms with E-state index in [1.165, 1.54) is 27.8 Å². The zero-order valence-electron chi connectivity index (χ0n) is 42.9. The smallest absolute Gasteiger partial charge is 0.268 e. The van der Waals surface area contributed by atoms with Crippen molar-refractivity contribution in [2.75, 3.05) is 0 Å². The third-order valence-corrected chi connectivity index (χ3v) is 14.4. The van der Waals surface area contributed by atoms with Crippen LogP contribution in [0.15, 0.2) is 188 Å². The Hall–Kier alpha value is -7.33. The van der Waals surface area contributed by atoms with E-state index in [1.54, 1.807) is 0 Å². The van der Waals surface area contributed by atoms with Crippen LogP contribution in [0.1, 0.15) is 90.8 Å². The van der Waals surface area contributed by atoms with Gasteiger partial charge >= 0.3 is 0 Å². The van der Waals surface area contributed by atoms with Gasteiger partial charge in [-0.1, -0.05) is 200 Å². The fraction of sp³-hybridized carbons (Fsp3) is 0.194. The van der Waals surface area contributed by atoms with Crippen LogP contribution in [-0.4, -0.2) is 14.1 Å². The number of benzene rings is 8. The molecule has 0 aliphatic rings. The number of para-hydroxylation sites is 3. The Kier molecular flexibility index (Phi) is 13.5. The number of aromatic nitrogens is 4. The van der Waals surface area contributed by atoms with Gasteiger partial charge in [-0.25, -0.2) is 4.98 Å². The van der Waals surface area contributed by atoms with Crippen molar-refractivity contribution in [1.29, 1.82) is 0 Å². The molecule has 0 N–H and O–H groups in total. The molecular formula is C67H60N4OPt-2. The van der Waals surface area contributed by atoms with Crippen molar-refractivity contribution in [3.8, 4) is 62.1 Å². The van der Waals surface area contributed by atoms with Gasteiger partial charge in [-0.15, -0.1) is 29.7 Å². The average molecular weight is 1130 g/mol. The van der Waals surface area contributed by atoms with Gasteiger partial charge in [0.1, 0.15) is 5.82 Å². The fourth-order valence-electron chi connectivity index (χ4n) is 10.4. The molecule has 0 spiro atoms. The number of hydrogen-bond donors (Lipinski definition) is 0. The first kappa shape index (κ1) is 49.3. The Labute approximate surface area is 445 Å². The number of hydrogen-bond acceptors (Lipinski definition) is 2. The third-order valence-electron chi connectivity index (χ3n) is 14.4. The van der Waals surface area contributed by atoms with E-state index in [-0.39, 0.29) is 31.9 Å². The van der Waals surface area contributed by atoms with Gasteiger partial charge in [0.05, 0.1) is 16.7 Å². The standard InChI is InChI=1S/C67H60N4O.Pt/c1-9-45(10-2)57-42-64(68-43-59(57)48-31-33-49(34-32-48)66(3,4)5)71-60-38-35-50(67(6,7)8)39-58(60)56-37-36-53(41-63(56)71)72-52-26-19-25-51(40-52)69-44-70(62-30-18-17-29-61(62)69)65-54(46-21-13-11-14-22-46)27-20-28-55(65)47-23-15-12-16-24-47;/h11-39,42-43,45H,9-10H2,1-8H3;/q-2;. The first-order valence-corrected chi connectivity index (χ1v) is 25.4. The van der Waals surface area contributed by atoms with E-state index in [1.807, 2.05) is 18.2 Å². The van der Waals surface area contributed by atoms with Gasteiger partial charge in [0.25, 0.3) is 6.33 Å². The van der Waals surface area contributed by atoms with E-state index in [0.717, 1.165) is 85.1 Å². The SMILES string of the molecule is CCC(CC)c1cc(-n2c3[c-]c(Oc4[c-]c(-n5[c-][n+](-c6c(-c7ccccc7)cccc6-c6ccccc6)c6ccccc65)ccc4)ccc3c3cc(C(C)(C)C)ccc32)ncc1-c1ccc(C(C)(C)C)cc1.[Pt]. The first-order valence-electron chi connectivity index (χ1n) is 25.4. The molecule has 0 amide bonds. The van der Waals surface area contributed by atoms with Crippen LogP contribution in [0.4, 0.5) is 0 Å². The quantitative estimate of drug-likeness (QED) is 0.0956. The summed E-state index contributed by atoms with van der Waals surface area (Å²) in [6.07, 6.45) is 7.93. The molecule has 0 aliphatic heterocycles. The summed E-state index contributed by atoms with van der Waals surface area (Å²) in [6.45, 7) is 18.2. The zero-order chi connectivity index (χ0) is 49.7. The van der Waals surface area contributed by atoms with Gasteiger partial charge in [-0.05, 0) is 97.3 Å². The van der Waals surface area contributed by atoms with E-state index in [2.05, 4.69) is 258 Å². The summed E-state index contributed by atoms with van der Waals surface area (Å²) < 4.78 is 13.4. The maximum atomic E-state index is 6.80. The summed E-state index contributed by atoms with van der Waals surface area (Å²) in [5, 5.41) is 2.26. The molecular weight excluding hydrogens is 1070 g/mol. The molecule has 3 heterocycles. The molecule has 0 bridgehead atoms. The van der Waals surface area contributed by atoms with Crippen LogP contribution in [0.3, 0.4) is 0 Å². The molecule has 366 valence electrons. The van der Waals surface area contributed by atoms with Crippen molar-refractivity contribution in [2.45, 2.75) is 85.0 Å². The number of imidazole rings is 1. The first-order chi connectivity index (χ1) is 34.9. The number of fused-ring (bicyclic) bond motifs is 4. The van der Waals surface area contributed by atoms with Crippen molar-refractivity contribution >= 4 is 32.8 Å². The predicted octanol–water partition coefficient (Wildman–Crippen LogP) is 17.1. The molecule has 8 aromatic carbocycles. The summed E-state index contributed by atoms with van der Waals surface area (Å²) in [5.74, 6) is 2.39. The number of pyridine rings is 1. The predicted molar refractivity (Wildman–Crippen MR) is 297 cm³/mol. The third kappa shape index (κ3) is 9.37. The zero-order valence-corrected chi connectivity index (χ0v) is 45.2. The molecule has 0 fully saturated rings. The van der Waals surface area contributed by atoms with Gasteiger partial charge in [-0.3, -0.25) is 4.57 Å². The van der Waals surface area contributed by atoms with Crippen LogP contribution < -0.4 is 9.30 Å². The summed E-state index contributed by atoms with van der Waals surface area (Å²) in [5.41, 5.74) is 16.7. The average Bonchev–Trinajstić information content (AvgIpc) is 3.94. The Bertz CT molecular complexity index is 3700. The second kappa shape index (κ2) is 19.9. The molecule has 0 atom stereocenters. The van der Waals surface area contributed by atoms with Gasteiger partial charge in [0.15, 0.2) is 0 Å². The van der Waals surface area contributed by atoms with Crippen molar-refractivity contribution in [1.82, 2.24) is 14.1 Å². The van der Waals surface area contributed by atoms with Crippen molar-refractivity contribution in [3.63, 3.8) is 0 Å². The molecule has 5 nitrogen and oxygen atoms in total. The number of rotatable bonds is 11. The summed E-state index contributed by atoms with van der Waals surface area (Å²) in [6, 6.07) is 72.1. The van der Waals surface area contributed by atoms with Crippen LogP contribution in [-0.2, 0) is 31.9 Å². The Balaban J connectivity index is 0.00000611. The largest absolute Gasteiger partial charge is 0.510 e. The van der Waals surface area contributed by atoms with E-state index in [4.69, 9.17) is 9.72 Å². The summed E-state index contributed by atoms with van der Waals surface area (Å²) >= 11 is 0. The number of ether oxygens (including phenoxy) is 1. The van der Waals surface area contributed by atoms with Crippen LogP contribution in [0.5, 0.6) is 11.5 Å². The topological polar surface area (TPSA) is 35.9 Å². The minimum Gasteiger partial charge on any atom is -0.510 e. The Morgan fingerprint density at radius 3 is 1.81 bits per heavy atom. The molecule has 0 unspecified atom stereocenters. The molecule has 6 heteroatoms. The molecule has 11 rings (SSSR count). The minimum atomic E-state index is -0.0292. The number of nitrogens with zero attached hydrogens (tertiary/aromatic N) is 4. The van der Waals surface area contributed by atoms with Gasteiger partial charge in [-0.2, -0.15) is 18.2 Å². The van der Waals surface area contributed by atoms with Crippen LogP contribution in [0.25, 0.3) is 83.4 Å². The van der Waals surface area contributed by atoms with Crippen LogP contribution in [0, 0.1) is 18.5 Å². The Morgan fingerprint density at radius 2 is 1.15 bits per heavy atom. The van der Waals surface area contributed by atoms with E-state index < -0.39 is 0 Å². The van der Waals surface area contributed by atoms with Gasteiger partial charge < -0.3 is 13.9 Å². The van der Waals surface area contributed by atoms with Crippen molar-refractivity contribution < 1.29 is 30.4 Å². The molecule has 0 saturated heterocycles. The Morgan fingerprint density at radius 1 is 0.548 bits per heavy atom. The van der Waals surface area contributed by atoms with E-state index >= 15 is 0 Å². The van der Waals surface area contributed by atoms with E-state index in [9.17, 15) is 0 Å². The molecule has 3 aromatic heterocycles. The maximum absolute atomic E-state index is 6.80. The minimum absolute atomic E-state index is 0. The van der Waals surface area contributed by atoms with Crippen LogP contribution >= 0.6 is 0 Å². The van der Waals surface area contributed by atoms with Gasteiger partial charge in [0, 0.05) is 49.8 Å². The molecule has 11 aromatic rings. The fourth-order valence-corrected chi connectivity index (χ4v) is 10.4. The monoisotopic (exact) mass is 1130 g/mol. The molecule has 73 heavy (non-hydrogen) atoms. The van der Waals surface area contributed by atoms with E-state index in [0.29, 0.717) is 17.4 Å². The molecule has 0 saturated carbocycles. The summed E-state index contributed by atoms with van der Waals surface area (Å²) in [7, 11) is 0. The maximum Gasteiger partial charge on any atom is 0.268 e. The second-order valence-electron chi connectivity index (χ2n) is 21.1. The van der Waals surface area contributed by atoms with Gasteiger partial charge in [0.2, 0.25) is 0 Å². The molecule has 0 aliphatic carbocycles. The second-order valence-corrected chi connectivity index (χ2v) is 21.1. The molecule has 0 radical (unpaired) electrons. The van der Waals surface area contributed by atoms with Crippen LogP contribution in [0.2, 0.25) is 0 Å². The summed E-state index contributed by atoms with van der Waals surface area (Å²) in [4.78, 5) is 5.29. The van der Waals surface area contributed by atoms with Crippen molar-refractivity contribution in [3.05, 3.63) is 223 Å².